The predicted octanol–water partition coefficient (Wildman–Crippen LogP) is 0.641. The van der Waals surface area contributed by atoms with Crippen molar-refractivity contribution in [3.63, 3.8) is 0 Å². The maximum atomic E-state index is 5.92. The average Bonchev–Trinajstić information content (AvgIpc) is 2.51. The lowest BCUT2D eigenvalue weighted by molar-refractivity contribution is 0.199. The summed E-state index contributed by atoms with van der Waals surface area (Å²) in [4.78, 5) is 9.82. The number of likely N-dealkylation sites (tertiary alicyclic amines) is 1. The first-order valence-corrected chi connectivity index (χ1v) is 5.22. The summed E-state index contributed by atoms with van der Waals surface area (Å²) in [6.45, 7) is 5.10. The minimum absolute atomic E-state index is 0.354. The van der Waals surface area contributed by atoms with E-state index < -0.39 is 0 Å². The van der Waals surface area contributed by atoms with Gasteiger partial charge in [-0.1, -0.05) is 0 Å². The quantitative estimate of drug-likeness (QED) is 0.726. The van der Waals surface area contributed by atoms with Crippen LogP contribution in [0.15, 0.2) is 6.20 Å². The van der Waals surface area contributed by atoms with E-state index in [9.17, 15) is 0 Å². The molecule has 4 nitrogen and oxygen atoms in total. The molecule has 0 amide bonds. The molecule has 1 fully saturated rings. The third kappa shape index (κ3) is 2.33. The first-order chi connectivity index (χ1) is 6.74. The molecule has 0 aliphatic carbocycles. The van der Waals surface area contributed by atoms with Crippen LogP contribution >= 0.6 is 0 Å². The fraction of sp³-hybridized carbons (Fsp3) is 0.700. The molecule has 0 bridgehead atoms. The summed E-state index contributed by atoms with van der Waals surface area (Å²) < 4.78 is 0. The Kier molecular flexibility index (Phi) is 2.84. The maximum absolute atomic E-state index is 5.92. The molecule has 1 unspecified atom stereocenters. The molecule has 2 heterocycles. The number of nitrogens with one attached hydrogen (secondary N) is 1. The Morgan fingerprint density at radius 3 is 3.21 bits per heavy atom. The number of nitrogens with two attached hydrogens (primary N) is 1. The number of rotatable bonds is 2. The summed E-state index contributed by atoms with van der Waals surface area (Å²) in [7, 11) is 0. The second-order valence-electron chi connectivity index (χ2n) is 4.13. The maximum Gasteiger partial charge on any atom is 0.103 e. The number of aryl methyl sites for hydroxylation is 1. The highest BCUT2D eigenvalue weighted by Gasteiger charge is 2.16. The molecule has 1 aliphatic rings. The van der Waals surface area contributed by atoms with Gasteiger partial charge in [-0.25, -0.2) is 4.98 Å². The van der Waals surface area contributed by atoms with E-state index in [-0.39, 0.29) is 0 Å². The number of piperidine rings is 1. The molecule has 0 aromatic carbocycles. The fourth-order valence-corrected chi connectivity index (χ4v) is 2.03. The lowest BCUT2D eigenvalue weighted by Gasteiger charge is -2.30. The molecule has 1 aromatic rings. The minimum atomic E-state index is 0.354. The number of aromatic amines is 1. The van der Waals surface area contributed by atoms with Crippen LogP contribution in [0.4, 0.5) is 0 Å². The molecule has 4 heteroatoms. The van der Waals surface area contributed by atoms with E-state index in [1.807, 2.05) is 13.1 Å². The molecule has 14 heavy (non-hydrogen) atoms. The van der Waals surface area contributed by atoms with E-state index in [0.717, 1.165) is 25.5 Å². The molecular weight excluding hydrogens is 176 g/mol. The second kappa shape index (κ2) is 4.11. The van der Waals surface area contributed by atoms with Crippen molar-refractivity contribution in [1.29, 1.82) is 0 Å². The number of imidazole rings is 1. The number of hydrogen-bond donors (Lipinski definition) is 2. The van der Waals surface area contributed by atoms with Crippen molar-refractivity contribution in [2.45, 2.75) is 32.4 Å². The molecule has 1 atom stereocenters. The van der Waals surface area contributed by atoms with Gasteiger partial charge in [0.15, 0.2) is 0 Å². The van der Waals surface area contributed by atoms with Crippen LogP contribution in [0.2, 0.25) is 0 Å². The topological polar surface area (TPSA) is 57.9 Å². The molecule has 0 saturated carbocycles. The summed E-state index contributed by atoms with van der Waals surface area (Å²) >= 11 is 0. The van der Waals surface area contributed by atoms with Crippen LogP contribution in [0.1, 0.15) is 24.4 Å². The highest BCUT2D eigenvalue weighted by atomic mass is 15.2. The number of aromatic nitrogens is 2. The van der Waals surface area contributed by atoms with Gasteiger partial charge < -0.3 is 10.7 Å². The smallest absolute Gasteiger partial charge is 0.103 e. The van der Waals surface area contributed by atoms with E-state index in [1.165, 1.54) is 18.5 Å². The minimum Gasteiger partial charge on any atom is -0.345 e. The molecule has 0 radical (unpaired) electrons. The van der Waals surface area contributed by atoms with Crippen LogP contribution in [0.25, 0.3) is 0 Å². The van der Waals surface area contributed by atoms with Crippen LogP contribution in [-0.4, -0.2) is 34.0 Å². The van der Waals surface area contributed by atoms with Crippen molar-refractivity contribution in [2.24, 2.45) is 5.73 Å². The van der Waals surface area contributed by atoms with Gasteiger partial charge in [-0.15, -0.1) is 0 Å². The van der Waals surface area contributed by atoms with Gasteiger partial charge in [-0.2, -0.15) is 0 Å². The van der Waals surface area contributed by atoms with Gasteiger partial charge in [0.2, 0.25) is 0 Å². The molecular formula is C10H18N4. The zero-order valence-corrected chi connectivity index (χ0v) is 8.66. The highest BCUT2D eigenvalue weighted by Crippen LogP contribution is 2.11. The van der Waals surface area contributed by atoms with Gasteiger partial charge in [0.1, 0.15) is 5.82 Å². The molecule has 2 rings (SSSR count). The number of nitrogens with zero attached hydrogens (tertiary/aromatic N) is 2. The van der Waals surface area contributed by atoms with Crippen molar-refractivity contribution in [3.05, 3.63) is 17.7 Å². The first kappa shape index (κ1) is 9.68. The molecule has 0 spiro atoms. The summed E-state index contributed by atoms with van der Waals surface area (Å²) in [5.41, 5.74) is 7.11. The van der Waals surface area contributed by atoms with E-state index in [0.29, 0.717) is 6.04 Å². The standard InChI is InChI=1S/C10H18N4/c1-8-12-5-10(13-8)7-14-4-2-3-9(11)6-14/h5,9H,2-4,6-7,11H2,1H3,(H,12,13). The zero-order chi connectivity index (χ0) is 9.97. The monoisotopic (exact) mass is 194 g/mol. The Labute approximate surface area is 84.5 Å². The molecule has 1 saturated heterocycles. The number of H-pyrrole nitrogens is 1. The van der Waals surface area contributed by atoms with Gasteiger partial charge in [0.05, 0.1) is 0 Å². The van der Waals surface area contributed by atoms with Crippen LogP contribution in [0.3, 0.4) is 0 Å². The molecule has 1 aromatic heterocycles. The van der Waals surface area contributed by atoms with Gasteiger partial charge in [-0.3, -0.25) is 4.90 Å². The van der Waals surface area contributed by atoms with Crippen molar-refractivity contribution >= 4 is 0 Å². The van der Waals surface area contributed by atoms with E-state index >= 15 is 0 Å². The SMILES string of the molecule is Cc1ncc(CN2CCCC(N)C2)[nH]1. The highest BCUT2D eigenvalue weighted by molar-refractivity contribution is 5.00. The van der Waals surface area contributed by atoms with E-state index in [4.69, 9.17) is 5.73 Å². The largest absolute Gasteiger partial charge is 0.345 e. The third-order valence-electron chi connectivity index (χ3n) is 2.69. The summed E-state index contributed by atoms with van der Waals surface area (Å²) in [5.74, 6) is 0.987. The number of hydrogen-bond acceptors (Lipinski definition) is 3. The molecule has 78 valence electrons. The lowest BCUT2D eigenvalue weighted by atomic mass is 10.1. The van der Waals surface area contributed by atoms with Gasteiger partial charge in [0.25, 0.3) is 0 Å². The van der Waals surface area contributed by atoms with Crippen molar-refractivity contribution < 1.29 is 0 Å². The van der Waals surface area contributed by atoms with Crippen molar-refractivity contribution in [2.75, 3.05) is 13.1 Å². The van der Waals surface area contributed by atoms with Crippen molar-refractivity contribution in [1.82, 2.24) is 14.9 Å². The van der Waals surface area contributed by atoms with Crippen LogP contribution in [-0.2, 0) is 6.54 Å². The van der Waals surface area contributed by atoms with Gasteiger partial charge in [0, 0.05) is 31.0 Å². The van der Waals surface area contributed by atoms with Gasteiger partial charge in [-0.05, 0) is 26.3 Å². The Morgan fingerprint density at radius 1 is 1.71 bits per heavy atom. The normalized spacial score (nSPS) is 24.0. The van der Waals surface area contributed by atoms with Crippen molar-refractivity contribution in [3.8, 4) is 0 Å². The lowest BCUT2D eigenvalue weighted by Crippen LogP contribution is -2.42. The first-order valence-electron chi connectivity index (χ1n) is 5.22. The van der Waals surface area contributed by atoms with E-state index in [1.54, 1.807) is 0 Å². The Morgan fingerprint density at radius 2 is 2.57 bits per heavy atom. The van der Waals surface area contributed by atoms with Crippen LogP contribution in [0, 0.1) is 6.92 Å². The van der Waals surface area contributed by atoms with Gasteiger partial charge >= 0.3 is 0 Å². The fourth-order valence-electron chi connectivity index (χ4n) is 2.03. The van der Waals surface area contributed by atoms with Crippen LogP contribution in [0.5, 0.6) is 0 Å². The third-order valence-corrected chi connectivity index (χ3v) is 2.69. The summed E-state index contributed by atoms with van der Waals surface area (Å²) in [6, 6.07) is 0.354. The Balaban J connectivity index is 1.90. The Hall–Kier alpha value is -0.870. The Bertz CT molecular complexity index is 294. The molecule has 1 aliphatic heterocycles. The zero-order valence-electron chi connectivity index (χ0n) is 8.66. The average molecular weight is 194 g/mol. The summed E-state index contributed by atoms with van der Waals surface area (Å²) in [5, 5.41) is 0. The predicted molar refractivity (Wildman–Crippen MR) is 55.8 cm³/mol. The van der Waals surface area contributed by atoms with E-state index in [2.05, 4.69) is 14.9 Å². The van der Waals surface area contributed by atoms with Crippen LogP contribution < -0.4 is 5.73 Å². The molecule has 3 N–H and O–H groups in total. The second-order valence-corrected chi connectivity index (χ2v) is 4.13. The summed E-state index contributed by atoms with van der Waals surface area (Å²) in [6.07, 6.45) is 4.29.